The molecule has 0 aliphatic heterocycles. The average molecular weight is 387 g/mol. The zero-order chi connectivity index (χ0) is 20.8. The molecule has 0 fully saturated rings. The Kier molecular flexibility index (Phi) is 6.87. The van der Waals surface area contributed by atoms with Crippen LogP contribution in [-0.2, 0) is 9.59 Å². The minimum absolute atomic E-state index is 0.0479. The predicted octanol–water partition coefficient (Wildman–Crippen LogP) is 4.20. The first-order valence-electron chi connectivity index (χ1n) is 8.81. The van der Waals surface area contributed by atoms with E-state index in [1.165, 1.54) is 18.2 Å². The van der Waals surface area contributed by atoms with Crippen molar-refractivity contribution >= 4 is 23.5 Å². The van der Waals surface area contributed by atoms with E-state index >= 15 is 0 Å². The second kappa shape index (κ2) is 9.12. The highest BCUT2D eigenvalue weighted by atomic mass is 19.1. The molecule has 7 heteroatoms. The molecule has 0 aliphatic rings. The maximum atomic E-state index is 13.7. The molecule has 0 saturated carbocycles. The predicted molar refractivity (Wildman–Crippen MR) is 102 cm³/mol. The van der Waals surface area contributed by atoms with Gasteiger partial charge in [-0.1, -0.05) is 27.7 Å². The van der Waals surface area contributed by atoms with E-state index in [0.717, 1.165) is 12.1 Å². The molecule has 0 heterocycles. The van der Waals surface area contributed by atoms with Crippen LogP contribution >= 0.6 is 0 Å². The molecule has 6 nitrogen and oxygen atoms in total. The first kappa shape index (κ1) is 21.1. The smallest absolute Gasteiger partial charge is 0.343 e. The SMILES string of the molecule is CC(C)C(=O)Nc1ccc(C(=O)Oc2cc(F)cc(OC(=O)C(C)C)c2)cc1. The van der Waals surface area contributed by atoms with Crippen molar-refractivity contribution in [2.75, 3.05) is 5.32 Å². The maximum Gasteiger partial charge on any atom is 0.343 e. The van der Waals surface area contributed by atoms with Crippen LogP contribution in [-0.4, -0.2) is 17.8 Å². The van der Waals surface area contributed by atoms with Crippen LogP contribution in [0, 0.1) is 17.7 Å². The van der Waals surface area contributed by atoms with Gasteiger partial charge in [-0.25, -0.2) is 9.18 Å². The van der Waals surface area contributed by atoms with Crippen molar-refractivity contribution in [2.45, 2.75) is 27.7 Å². The monoisotopic (exact) mass is 387 g/mol. The van der Waals surface area contributed by atoms with Gasteiger partial charge in [0.1, 0.15) is 17.3 Å². The highest BCUT2D eigenvalue weighted by Gasteiger charge is 2.15. The standard InChI is InChI=1S/C21H22FNO5/c1-12(2)19(24)23-16-7-5-14(6-8-16)21(26)28-18-10-15(22)9-17(11-18)27-20(25)13(3)4/h5-13H,1-4H3,(H,23,24). The fourth-order valence-electron chi connectivity index (χ4n) is 2.03. The molecule has 0 unspecified atom stereocenters. The van der Waals surface area contributed by atoms with E-state index in [1.807, 2.05) is 0 Å². The second-order valence-electron chi connectivity index (χ2n) is 6.81. The average Bonchev–Trinajstić information content (AvgIpc) is 2.61. The Morgan fingerprint density at radius 1 is 0.857 bits per heavy atom. The molecule has 0 atom stereocenters. The normalized spacial score (nSPS) is 10.7. The Bertz CT molecular complexity index is 875. The van der Waals surface area contributed by atoms with Crippen molar-refractivity contribution in [3.63, 3.8) is 0 Å². The maximum absolute atomic E-state index is 13.7. The Morgan fingerprint density at radius 3 is 1.96 bits per heavy atom. The molecular formula is C21H22FNO5. The molecular weight excluding hydrogens is 365 g/mol. The largest absolute Gasteiger partial charge is 0.426 e. The lowest BCUT2D eigenvalue weighted by Crippen LogP contribution is -2.17. The molecule has 0 bridgehead atoms. The summed E-state index contributed by atoms with van der Waals surface area (Å²) in [5.74, 6) is -2.78. The second-order valence-corrected chi connectivity index (χ2v) is 6.81. The van der Waals surface area contributed by atoms with Crippen LogP contribution < -0.4 is 14.8 Å². The van der Waals surface area contributed by atoms with Crippen molar-refractivity contribution in [3.05, 3.63) is 53.8 Å². The van der Waals surface area contributed by atoms with E-state index in [9.17, 15) is 18.8 Å². The van der Waals surface area contributed by atoms with E-state index < -0.39 is 17.8 Å². The number of benzene rings is 2. The minimum Gasteiger partial charge on any atom is -0.426 e. The summed E-state index contributed by atoms with van der Waals surface area (Å²) in [6.45, 7) is 6.84. The van der Waals surface area contributed by atoms with Crippen molar-refractivity contribution in [3.8, 4) is 11.5 Å². The van der Waals surface area contributed by atoms with E-state index in [0.29, 0.717) is 5.69 Å². The number of amides is 1. The van der Waals surface area contributed by atoms with Gasteiger partial charge in [0.05, 0.1) is 11.5 Å². The summed E-state index contributed by atoms with van der Waals surface area (Å²) in [6, 6.07) is 9.41. The number of nitrogens with one attached hydrogen (secondary N) is 1. The summed E-state index contributed by atoms with van der Waals surface area (Å²) in [4.78, 5) is 35.6. The first-order valence-corrected chi connectivity index (χ1v) is 8.81. The highest BCUT2D eigenvalue weighted by molar-refractivity contribution is 5.94. The molecule has 0 spiro atoms. The Morgan fingerprint density at radius 2 is 1.43 bits per heavy atom. The van der Waals surface area contributed by atoms with Crippen LogP contribution in [0.15, 0.2) is 42.5 Å². The van der Waals surface area contributed by atoms with Gasteiger partial charge in [0, 0.05) is 29.8 Å². The van der Waals surface area contributed by atoms with Crippen LogP contribution in [0.3, 0.4) is 0 Å². The summed E-state index contributed by atoms with van der Waals surface area (Å²) in [5.41, 5.74) is 0.761. The molecule has 1 N–H and O–H groups in total. The van der Waals surface area contributed by atoms with Crippen molar-refractivity contribution in [1.82, 2.24) is 0 Å². The third-order valence-corrected chi connectivity index (χ3v) is 3.66. The molecule has 2 rings (SSSR count). The van der Waals surface area contributed by atoms with E-state index in [4.69, 9.17) is 9.47 Å². The summed E-state index contributed by atoms with van der Waals surface area (Å²) in [7, 11) is 0. The first-order chi connectivity index (χ1) is 13.2. The van der Waals surface area contributed by atoms with E-state index in [2.05, 4.69) is 5.32 Å². The number of ether oxygens (including phenoxy) is 2. The summed E-state index contributed by atoms with van der Waals surface area (Å²) >= 11 is 0. The molecule has 28 heavy (non-hydrogen) atoms. The minimum atomic E-state index is -0.714. The quantitative estimate of drug-likeness (QED) is 0.593. The molecule has 0 aliphatic carbocycles. The van der Waals surface area contributed by atoms with Crippen molar-refractivity contribution in [2.24, 2.45) is 11.8 Å². The molecule has 148 valence electrons. The van der Waals surface area contributed by atoms with Gasteiger partial charge in [-0.15, -0.1) is 0 Å². The summed E-state index contributed by atoms with van der Waals surface area (Å²) in [5, 5.41) is 2.71. The topological polar surface area (TPSA) is 81.7 Å². The van der Waals surface area contributed by atoms with Gasteiger partial charge in [-0.2, -0.15) is 0 Å². The van der Waals surface area contributed by atoms with Gasteiger partial charge in [0.2, 0.25) is 5.91 Å². The lowest BCUT2D eigenvalue weighted by Gasteiger charge is -2.10. The van der Waals surface area contributed by atoms with Gasteiger partial charge < -0.3 is 14.8 Å². The number of anilines is 1. The zero-order valence-electron chi connectivity index (χ0n) is 16.1. The van der Waals surface area contributed by atoms with Gasteiger partial charge in [0.15, 0.2) is 0 Å². The van der Waals surface area contributed by atoms with Crippen LogP contribution in [0.4, 0.5) is 10.1 Å². The molecule has 2 aromatic carbocycles. The van der Waals surface area contributed by atoms with E-state index in [-0.39, 0.29) is 34.8 Å². The molecule has 1 amide bonds. The summed E-state index contributed by atoms with van der Waals surface area (Å²) < 4.78 is 24.0. The fourth-order valence-corrected chi connectivity index (χ4v) is 2.03. The Labute approximate surface area is 162 Å². The van der Waals surface area contributed by atoms with Crippen molar-refractivity contribution < 1.29 is 28.2 Å². The fraction of sp³-hybridized carbons (Fsp3) is 0.286. The van der Waals surface area contributed by atoms with Crippen LogP contribution in [0.1, 0.15) is 38.1 Å². The van der Waals surface area contributed by atoms with Crippen molar-refractivity contribution in [1.29, 1.82) is 0 Å². The van der Waals surface area contributed by atoms with Crippen LogP contribution in [0.25, 0.3) is 0 Å². The van der Waals surface area contributed by atoms with Crippen LogP contribution in [0.2, 0.25) is 0 Å². The van der Waals surface area contributed by atoms with Gasteiger partial charge in [0.25, 0.3) is 0 Å². The Hall–Kier alpha value is -3.22. The highest BCUT2D eigenvalue weighted by Crippen LogP contribution is 2.24. The number of hydrogen-bond donors (Lipinski definition) is 1. The number of carbonyl (C=O) groups is 3. The molecule has 2 aromatic rings. The van der Waals surface area contributed by atoms with Crippen LogP contribution in [0.5, 0.6) is 11.5 Å². The van der Waals surface area contributed by atoms with Gasteiger partial charge in [-0.3, -0.25) is 9.59 Å². The Balaban J connectivity index is 2.09. The lowest BCUT2D eigenvalue weighted by atomic mass is 10.1. The van der Waals surface area contributed by atoms with E-state index in [1.54, 1.807) is 39.8 Å². The molecule has 0 radical (unpaired) electrons. The van der Waals surface area contributed by atoms with Gasteiger partial charge in [-0.05, 0) is 24.3 Å². The summed E-state index contributed by atoms with van der Waals surface area (Å²) in [6.07, 6.45) is 0. The molecule has 0 saturated heterocycles. The number of esters is 2. The lowest BCUT2D eigenvalue weighted by molar-refractivity contribution is -0.137. The zero-order valence-corrected chi connectivity index (χ0v) is 16.1. The third-order valence-electron chi connectivity index (χ3n) is 3.66. The number of hydrogen-bond acceptors (Lipinski definition) is 5. The number of carbonyl (C=O) groups excluding carboxylic acids is 3. The van der Waals surface area contributed by atoms with Gasteiger partial charge >= 0.3 is 11.9 Å². The number of rotatable bonds is 6. The molecule has 0 aromatic heterocycles. The third kappa shape index (κ3) is 5.90. The number of halogens is 1.